The quantitative estimate of drug-likeness (QED) is 0.525. The number of hydrogen-bond acceptors (Lipinski definition) is 5. The van der Waals surface area contributed by atoms with Crippen molar-refractivity contribution in [1.82, 2.24) is 10.3 Å². The summed E-state index contributed by atoms with van der Waals surface area (Å²) in [5.74, 6) is 6.47. The smallest absolute Gasteiger partial charge is 0.251 e. The molecule has 0 spiro atoms. The van der Waals surface area contributed by atoms with E-state index in [1.54, 1.807) is 30.1 Å². The van der Waals surface area contributed by atoms with Gasteiger partial charge in [0.15, 0.2) is 0 Å². The minimum atomic E-state index is -0.111. The van der Waals surface area contributed by atoms with Crippen LogP contribution in [0.25, 0.3) is 0 Å². The van der Waals surface area contributed by atoms with Crippen molar-refractivity contribution in [2.75, 3.05) is 17.4 Å². The van der Waals surface area contributed by atoms with E-state index in [1.165, 1.54) is 0 Å². The number of nitrogens with zero attached hydrogens (tertiary/aromatic N) is 1. The zero-order chi connectivity index (χ0) is 12.0. The lowest BCUT2D eigenvalue weighted by Gasteiger charge is -2.12. The van der Waals surface area contributed by atoms with E-state index in [2.05, 4.69) is 15.7 Å². The van der Waals surface area contributed by atoms with Gasteiger partial charge in [0.1, 0.15) is 5.82 Å². The maximum Gasteiger partial charge on any atom is 0.251 e. The molecule has 4 N–H and O–H groups in total. The fraction of sp³-hybridized carbons (Fsp3) is 0.400. The number of thioether (sulfide) groups is 1. The molecule has 0 saturated heterocycles. The summed E-state index contributed by atoms with van der Waals surface area (Å²) in [7, 11) is 0. The predicted molar refractivity (Wildman–Crippen MR) is 67.4 cm³/mol. The van der Waals surface area contributed by atoms with Crippen molar-refractivity contribution < 1.29 is 4.79 Å². The summed E-state index contributed by atoms with van der Waals surface area (Å²) in [6.07, 6.45) is 3.55. The van der Waals surface area contributed by atoms with Crippen LogP contribution in [0.3, 0.4) is 0 Å². The Kier molecular flexibility index (Phi) is 5.07. The molecule has 0 aliphatic heterocycles. The van der Waals surface area contributed by atoms with Crippen molar-refractivity contribution >= 4 is 23.5 Å². The number of carbonyl (C=O) groups excluding carboxylic acids is 1. The van der Waals surface area contributed by atoms with Crippen LogP contribution >= 0.6 is 11.8 Å². The second-order valence-corrected chi connectivity index (χ2v) is 4.31. The fourth-order valence-corrected chi connectivity index (χ4v) is 1.83. The average molecular weight is 240 g/mol. The molecule has 0 radical (unpaired) electrons. The number of aromatic nitrogens is 1. The van der Waals surface area contributed by atoms with Gasteiger partial charge in [0, 0.05) is 23.6 Å². The van der Waals surface area contributed by atoms with Crippen LogP contribution in [0.2, 0.25) is 0 Å². The first kappa shape index (κ1) is 12.8. The molecule has 1 aromatic heterocycles. The SMILES string of the molecule is CSCC(C)NC(=O)c1ccnc(NN)c1. The molecule has 0 fully saturated rings. The number of hydrazine groups is 1. The monoisotopic (exact) mass is 240 g/mol. The molecule has 1 aromatic rings. The van der Waals surface area contributed by atoms with E-state index in [1.807, 2.05) is 13.2 Å². The van der Waals surface area contributed by atoms with Crippen LogP contribution in [0, 0.1) is 0 Å². The van der Waals surface area contributed by atoms with Gasteiger partial charge in [-0.25, -0.2) is 10.8 Å². The molecule has 1 amide bonds. The molecule has 16 heavy (non-hydrogen) atoms. The third-order valence-corrected chi connectivity index (χ3v) is 2.80. The maximum absolute atomic E-state index is 11.8. The van der Waals surface area contributed by atoms with E-state index >= 15 is 0 Å². The van der Waals surface area contributed by atoms with Crippen LogP contribution in [0.4, 0.5) is 5.82 Å². The molecule has 6 heteroatoms. The Morgan fingerprint density at radius 2 is 2.44 bits per heavy atom. The Hall–Kier alpha value is -1.27. The molecule has 0 aliphatic rings. The third-order valence-electron chi connectivity index (χ3n) is 1.96. The van der Waals surface area contributed by atoms with Gasteiger partial charge in [-0.2, -0.15) is 11.8 Å². The first-order valence-corrected chi connectivity index (χ1v) is 6.29. The third kappa shape index (κ3) is 3.71. The van der Waals surface area contributed by atoms with E-state index in [9.17, 15) is 4.79 Å². The highest BCUT2D eigenvalue weighted by molar-refractivity contribution is 7.98. The molecule has 1 heterocycles. The van der Waals surface area contributed by atoms with Gasteiger partial charge in [0.05, 0.1) is 0 Å². The topological polar surface area (TPSA) is 80.0 Å². The number of hydrogen-bond donors (Lipinski definition) is 3. The van der Waals surface area contributed by atoms with E-state index in [-0.39, 0.29) is 11.9 Å². The Balaban J connectivity index is 2.65. The Morgan fingerprint density at radius 1 is 1.69 bits per heavy atom. The summed E-state index contributed by atoms with van der Waals surface area (Å²) in [6.45, 7) is 1.97. The second-order valence-electron chi connectivity index (χ2n) is 3.40. The van der Waals surface area contributed by atoms with Gasteiger partial charge >= 0.3 is 0 Å². The lowest BCUT2D eigenvalue weighted by atomic mass is 10.2. The highest BCUT2D eigenvalue weighted by atomic mass is 32.2. The lowest BCUT2D eigenvalue weighted by molar-refractivity contribution is 0.0943. The Bertz CT molecular complexity index is 358. The van der Waals surface area contributed by atoms with E-state index < -0.39 is 0 Å². The molecule has 0 aromatic carbocycles. The summed E-state index contributed by atoms with van der Waals surface area (Å²) in [5.41, 5.74) is 2.96. The van der Waals surface area contributed by atoms with Gasteiger partial charge in [-0.15, -0.1) is 0 Å². The number of nitrogens with one attached hydrogen (secondary N) is 2. The van der Waals surface area contributed by atoms with Gasteiger partial charge in [-0.05, 0) is 25.3 Å². The molecule has 1 unspecified atom stereocenters. The standard InChI is InChI=1S/C10H16N4OS/c1-7(6-16-2)13-10(15)8-3-4-12-9(5-8)14-11/h3-5,7H,6,11H2,1-2H3,(H,12,14)(H,13,15). The van der Waals surface area contributed by atoms with Crippen molar-refractivity contribution in [3.63, 3.8) is 0 Å². The molecule has 1 atom stereocenters. The summed E-state index contributed by atoms with van der Waals surface area (Å²) in [5, 5.41) is 2.89. The summed E-state index contributed by atoms with van der Waals surface area (Å²) in [4.78, 5) is 15.7. The number of nitrogens with two attached hydrogens (primary N) is 1. The first-order chi connectivity index (χ1) is 7.67. The zero-order valence-electron chi connectivity index (χ0n) is 9.36. The maximum atomic E-state index is 11.8. The highest BCUT2D eigenvalue weighted by Gasteiger charge is 2.09. The summed E-state index contributed by atoms with van der Waals surface area (Å²) in [6, 6.07) is 3.41. The van der Waals surface area contributed by atoms with Gasteiger partial charge in [0.2, 0.25) is 0 Å². The summed E-state index contributed by atoms with van der Waals surface area (Å²) < 4.78 is 0. The predicted octanol–water partition coefficient (Wildman–Crippen LogP) is 0.849. The normalized spacial score (nSPS) is 11.9. The number of rotatable bonds is 5. The largest absolute Gasteiger partial charge is 0.349 e. The van der Waals surface area contributed by atoms with E-state index in [4.69, 9.17) is 5.84 Å². The van der Waals surface area contributed by atoms with Gasteiger partial charge in [0.25, 0.3) is 5.91 Å². The van der Waals surface area contributed by atoms with Crippen LogP contribution in [0.5, 0.6) is 0 Å². The van der Waals surface area contributed by atoms with Gasteiger partial charge in [-0.1, -0.05) is 0 Å². The minimum Gasteiger partial charge on any atom is -0.349 e. The molecule has 0 aliphatic carbocycles. The van der Waals surface area contributed by atoms with Crippen molar-refractivity contribution in [1.29, 1.82) is 0 Å². The molecule has 0 saturated carbocycles. The van der Waals surface area contributed by atoms with Gasteiger partial charge in [-0.3, -0.25) is 4.79 Å². The summed E-state index contributed by atoms with van der Waals surface area (Å²) >= 11 is 1.70. The molecule has 1 rings (SSSR count). The second kappa shape index (κ2) is 6.34. The lowest BCUT2D eigenvalue weighted by Crippen LogP contribution is -2.34. The molecular weight excluding hydrogens is 224 g/mol. The van der Waals surface area contributed by atoms with Gasteiger partial charge < -0.3 is 10.7 Å². The zero-order valence-corrected chi connectivity index (χ0v) is 10.2. The fourth-order valence-electron chi connectivity index (χ4n) is 1.25. The Labute approximate surface area is 99.2 Å². The molecule has 88 valence electrons. The van der Waals surface area contributed by atoms with Crippen LogP contribution < -0.4 is 16.6 Å². The van der Waals surface area contributed by atoms with Crippen LogP contribution in [0.1, 0.15) is 17.3 Å². The van der Waals surface area contributed by atoms with E-state index in [0.29, 0.717) is 11.4 Å². The average Bonchev–Trinajstić information content (AvgIpc) is 2.29. The number of amides is 1. The van der Waals surface area contributed by atoms with Crippen molar-refractivity contribution in [3.8, 4) is 0 Å². The highest BCUT2D eigenvalue weighted by Crippen LogP contribution is 2.06. The number of anilines is 1. The van der Waals surface area contributed by atoms with E-state index in [0.717, 1.165) is 5.75 Å². The van der Waals surface area contributed by atoms with Crippen molar-refractivity contribution in [2.45, 2.75) is 13.0 Å². The molecular formula is C10H16N4OS. The van der Waals surface area contributed by atoms with Crippen molar-refractivity contribution in [3.05, 3.63) is 23.9 Å². The first-order valence-electron chi connectivity index (χ1n) is 4.90. The molecule has 0 bridgehead atoms. The number of carbonyl (C=O) groups is 1. The van der Waals surface area contributed by atoms with Crippen LogP contribution in [-0.4, -0.2) is 28.9 Å². The van der Waals surface area contributed by atoms with Crippen molar-refractivity contribution in [2.24, 2.45) is 5.84 Å². The number of nitrogen functional groups attached to an aromatic ring is 1. The van der Waals surface area contributed by atoms with Crippen LogP contribution in [-0.2, 0) is 0 Å². The number of pyridine rings is 1. The minimum absolute atomic E-state index is 0.111. The van der Waals surface area contributed by atoms with Crippen LogP contribution in [0.15, 0.2) is 18.3 Å². The molecule has 5 nitrogen and oxygen atoms in total. The Morgan fingerprint density at radius 3 is 3.06 bits per heavy atom.